The molecule has 0 fully saturated rings. The summed E-state index contributed by atoms with van der Waals surface area (Å²) in [6, 6.07) is 9.78. The number of carbonyl (C=O) groups excluding carboxylic acids is 1. The third-order valence-electron chi connectivity index (χ3n) is 3.42. The lowest BCUT2D eigenvalue weighted by Crippen LogP contribution is -2.33. The molecular formula is C17H13F2N3O2S. The molecule has 128 valence electrons. The number of carbonyl (C=O) groups is 1. The molecule has 5 nitrogen and oxygen atoms in total. The van der Waals surface area contributed by atoms with Crippen LogP contribution in [0.15, 0.2) is 52.6 Å². The Balaban J connectivity index is 1.68. The molecule has 0 radical (unpaired) electrons. The molecule has 0 bridgehead atoms. The van der Waals surface area contributed by atoms with Gasteiger partial charge in [0.2, 0.25) is 5.91 Å². The summed E-state index contributed by atoms with van der Waals surface area (Å²) in [7, 11) is 0. The zero-order valence-electron chi connectivity index (χ0n) is 12.9. The minimum absolute atomic E-state index is 0.107. The van der Waals surface area contributed by atoms with Crippen molar-refractivity contribution in [3.8, 4) is 10.6 Å². The van der Waals surface area contributed by atoms with Gasteiger partial charge in [-0.05, 0) is 23.6 Å². The van der Waals surface area contributed by atoms with Crippen molar-refractivity contribution in [2.75, 3.05) is 0 Å². The molecule has 25 heavy (non-hydrogen) atoms. The van der Waals surface area contributed by atoms with Crippen molar-refractivity contribution in [2.45, 2.75) is 13.1 Å². The number of hydrogen-bond acceptors (Lipinski definition) is 4. The number of thiophene rings is 1. The monoisotopic (exact) mass is 361 g/mol. The van der Waals surface area contributed by atoms with Crippen LogP contribution < -0.4 is 10.9 Å². The third-order valence-corrected chi connectivity index (χ3v) is 4.32. The van der Waals surface area contributed by atoms with Gasteiger partial charge in [0, 0.05) is 24.2 Å². The fourth-order valence-corrected chi connectivity index (χ4v) is 2.86. The molecule has 1 amide bonds. The molecule has 0 unspecified atom stereocenters. The van der Waals surface area contributed by atoms with Crippen molar-refractivity contribution in [2.24, 2.45) is 0 Å². The first-order chi connectivity index (χ1) is 12.0. The van der Waals surface area contributed by atoms with Gasteiger partial charge in [0.25, 0.3) is 5.56 Å². The Morgan fingerprint density at radius 2 is 2.04 bits per heavy atom. The van der Waals surface area contributed by atoms with Gasteiger partial charge in [-0.25, -0.2) is 13.5 Å². The fourth-order valence-electron chi connectivity index (χ4n) is 2.17. The average Bonchev–Trinajstić information content (AvgIpc) is 3.10. The van der Waals surface area contributed by atoms with Crippen molar-refractivity contribution in [3.63, 3.8) is 0 Å². The molecule has 1 aromatic carbocycles. The van der Waals surface area contributed by atoms with E-state index >= 15 is 0 Å². The van der Waals surface area contributed by atoms with E-state index in [1.54, 1.807) is 6.07 Å². The number of rotatable bonds is 5. The molecule has 3 rings (SSSR count). The topological polar surface area (TPSA) is 64.0 Å². The van der Waals surface area contributed by atoms with E-state index < -0.39 is 23.1 Å². The van der Waals surface area contributed by atoms with Crippen LogP contribution in [0.5, 0.6) is 0 Å². The molecule has 1 N–H and O–H groups in total. The van der Waals surface area contributed by atoms with Gasteiger partial charge >= 0.3 is 0 Å². The maximum atomic E-state index is 13.5. The molecule has 8 heteroatoms. The lowest BCUT2D eigenvalue weighted by atomic mass is 10.2. The second-order valence-electron chi connectivity index (χ2n) is 5.20. The van der Waals surface area contributed by atoms with Crippen LogP contribution in [0.25, 0.3) is 10.6 Å². The van der Waals surface area contributed by atoms with Crippen LogP contribution in [0, 0.1) is 11.6 Å². The summed E-state index contributed by atoms with van der Waals surface area (Å²) in [5.41, 5.74) is 0.331. The molecule has 0 aliphatic rings. The highest BCUT2D eigenvalue weighted by Gasteiger charge is 2.10. The van der Waals surface area contributed by atoms with Crippen LogP contribution in [0.2, 0.25) is 0 Å². The van der Waals surface area contributed by atoms with E-state index in [4.69, 9.17) is 0 Å². The normalized spacial score (nSPS) is 10.6. The standard InChI is InChI=1S/C17H13F2N3O2S/c18-12-4-3-11(13(19)8-12)9-20-16(23)10-22-17(24)6-5-14(21-22)15-2-1-7-25-15/h1-8H,9-10H2,(H,20,23). The number of amides is 1. The van der Waals surface area contributed by atoms with Gasteiger partial charge in [-0.15, -0.1) is 11.3 Å². The molecule has 0 aliphatic heterocycles. The molecule has 2 heterocycles. The number of benzene rings is 1. The summed E-state index contributed by atoms with van der Waals surface area (Å²) in [6.45, 7) is -0.398. The number of hydrogen-bond donors (Lipinski definition) is 1. The van der Waals surface area contributed by atoms with Crippen molar-refractivity contribution >= 4 is 17.2 Å². The Morgan fingerprint density at radius 3 is 2.76 bits per heavy atom. The number of aromatic nitrogens is 2. The van der Waals surface area contributed by atoms with Crippen molar-refractivity contribution in [1.29, 1.82) is 0 Å². The maximum absolute atomic E-state index is 13.5. The first kappa shape index (κ1) is 17.0. The van der Waals surface area contributed by atoms with Crippen LogP contribution >= 0.6 is 11.3 Å². The molecule has 0 saturated heterocycles. The van der Waals surface area contributed by atoms with Gasteiger partial charge in [0.1, 0.15) is 23.9 Å². The van der Waals surface area contributed by atoms with Crippen molar-refractivity contribution in [3.05, 3.63) is 75.4 Å². The van der Waals surface area contributed by atoms with E-state index in [1.807, 2.05) is 17.5 Å². The van der Waals surface area contributed by atoms with Crippen molar-refractivity contribution < 1.29 is 13.6 Å². The Hall–Kier alpha value is -2.87. The Labute approximate surface area is 145 Å². The third kappa shape index (κ3) is 4.16. The van der Waals surface area contributed by atoms with E-state index in [2.05, 4.69) is 10.4 Å². The smallest absolute Gasteiger partial charge is 0.267 e. The maximum Gasteiger partial charge on any atom is 0.267 e. The van der Waals surface area contributed by atoms with Gasteiger partial charge in [-0.2, -0.15) is 5.10 Å². The minimum atomic E-state index is -0.740. The van der Waals surface area contributed by atoms with Crippen LogP contribution in [-0.4, -0.2) is 15.7 Å². The SMILES string of the molecule is O=C(Cn1nc(-c2cccs2)ccc1=O)NCc1ccc(F)cc1F. The van der Waals surface area contributed by atoms with E-state index in [-0.39, 0.29) is 18.7 Å². The second kappa shape index (κ2) is 7.35. The summed E-state index contributed by atoms with van der Waals surface area (Å²) in [6.07, 6.45) is 0. The molecular weight excluding hydrogens is 348 g/mol. The Bertz CT molecular complexity index is 955. The molecule has 3 aromatic rings. The lowest BCUT2D eigenvalue weighted by Gasteiger charge is -2.08. The van der Waals surface area contributed by atoms with Gasteiger partial charge in [0.05, 0.1) is 4.88 Å². The van der Waals surface area contributed by atoms with Gasteiger partial charge in [-0.3, -0.25) is 9.59 Å². The highest BCUT2D eigenvalue weighted by atomic mass is 32.1. The quantitative estimate of drug-likeness (QED) is 0.760. The number of nitrogens with one attached hydrogen (secondary N) is 1. The summed E-state index contributed by atoms with van der Waals surface area (Å²) in [5.74, 6) is -1.93. The predicted molar refractivity (Wildman–Crippen MR) is 90.0 cm³/mol. The van der Waals surface area contributed by atoms with E-state index in [0.29, 0.717) is 5.69 Å². The number of halogens is 2. The molecule has 0 saturated carbocycles. The van der Waals surface area contributed by atoms with E-state index in [9.17, 15) is 18.4 Å². The van der Waals surface area contributed by atoms with Gasteiger partial charge in [0.15, 0.2) is 0 Å². The van der Waals surface area contributed by atoms with E-state index in [0.717, 1.165) is 21.7 Å². The fraction of sp³-hybridized carbons (Fsp3) is 0.118. The van der Waals surface area contributed by atoms with Crippen molar-refractivity contribution in [1.82, 2.24) is 15.1 Å². The van der Waals surface area contributed by atoms with Gasteiger partial charge < -0.3 is 5.32 Å². The molecule has 2 aromatic heterocycles. The van der Waals surface area contributed by atoms with Gasteiger partial charge in [-0.1, -0.05) is 12.1 Å². The summed E-state index contributed by atoms with van der Waals surface area (Å²) in [4.78, 5) is 24.8. The summed E-state index contributed by atoms with van der Waals surface area (Å²) >= 11 is 1.47. The zero-order chi connectivity index (χ0) is 17.8. The highest BCUT2D eigenvalue weighted by molar-refractivity contribution is 7.13. The largest absolute Gasteiger partial charge is 0.350 e. The molecule has 0 aliphatic carbocycles. The Morgan fingerprint density at radius 1 is 1.20 bits per heavy atom. The summed E-state index contributed by atoms with van der Waals surface area (Å²) < 4.78 is 27.5. The minimum Gasteiger partial charge on any atom is -0.350 e. The first-order valence-electron chi connectivity index (χ1n) is 7.35. The zero-order valence-corrected chi connectivity index (χ0v) is 13.7. The predicted octanol–water partition coefficient (Wildman–Crippen LogP) is 2.57. The second-order valence-corrected chi connectivity index (χ2v) is 6.15. The van der Waals surface area contributed by atoms with Crippen LogP contribution in [-0.2, 0) is 17.9 Å². The van der Waals surface area contributed by atoms with Crippen LogP contribution in [0.3, 0.4) is 0 Å². The average molecular weight is 361 g/mol. The molecule has 0 atom stereocenters. The number of nitrogens with zero attached hydrogens (tertiary/aromatic N) is 2. The Kier molecular flexibility index (Phi) is 4.99. The lowest BCUT2D eigenvalue weighted by molar-refractivity contribution is -0.122. The summed E-state index contributed by atoms with van der Waals surface area (Å²) in [5, 5.41) is 8.54. The van der Waals surface area contributed by atoms with Crippen LogP contribution in [0.1, 0.15) is 5.56 Å². The molecule has 0 spiro atoms. The van der Waals surface area contributed by atoms with E-state index in [1.165, 1.54) is 23.5 Å². The van der Waals surface area contributed by atoms with Crippen LogP contribution in [0.4, 0.5) is 8.78 Å². The first-order valence-corrected chi connectivity index (χ1v) is 8.23. The highest BCUT2D eigenvalue weighted by Crippen LogP contribution is 2.21.